The number of amides is 3. The Bertz CT molecular complexity index is 878. The number of ether oxygens (including phenoxy) is 1. The molecule has 0 atom stereocenters. The average molecular weight is 416 g/mol. The second kappa shape index (κ2) is 9.75. The van der Waals surface area contributed by atoms with Gasteiger partial charge in [0.15, 0.2) is 0 Å². The molecule has 1 aromatic carbocycles. The lowest BCUT2D eigenvalue weighted by Gasteiger charge is -2.23. The van der Waals surface area contributed by atoms with Crippen LogP contribution in [0.3, 0.4) is 0 Å². The minimum atomic E-state index is -0.347. The monoisotopic (exact) mass is 415 g/mol. The lowest BCUT2D eigenvalue weighted by molar-refractivity contribution is -0.116. The Kier molecular flexibility index (Phi) is 7.61. The Morgan fingerprint density at radius 3 is 2.33 bits per heavy atom. The maximum atomic E-state index is 12.9. The van der Waals surface area contributed by atoms with Gasteiger partial charge in [-0.25, -0.2) is 4.79 Å². The first kappa shape index (κ1) is 23.4. The first-order valence-electron chi connectivity index (χ1n) is 9.98. The van der Waals surface area contributed by atoms with Crippen LogP contribution in [0.25, 0.3) is 0 Å². The topological polar surface area (TPSA) is 88.5 Å². The Balaban J connectivity index is 2.11. The number of rotatable bonds is 7. The van der Waals surface area contributed by atoms with Gasteiger partial charge in [0.1, 0.15) is 12.4 Å². The summed E-state index contributed by atoms with van der Waals surface area (Å²) in [5.41, 5.74) is 3.43. The van der Waals surface area contributed by atoms with Gasteiger partial charge in [-0.3, -0.25) is 9.48 Å². The Hall–Kier alpha value is -2.87. The molecule has 2 N–H and O–H groups in total. The summed E-state index contributed by atoms with van der Waals surface area (Å²) in [7, 11) is 3.34. The third-order valence-corrected chi connectivity index (χ3v) is 4.82. The predicted octanol–water partition coefficient (Wildman–Crippen LogP) is 3.45. The number of benzene rings is 1. The molecule has 0 radical (unpaired) electrons. The highest BCUT2D eigenvalue weighted by molar-refractivity contribution is 5.97. The molecule has 1 heterocycles. The molecule has 0 spiro atoms. The van der Waals surface area contributed by atoms with Crippen molar-refractivity contribution in [2.24, 2.45) is 7.05 Å². The molecule has 0 saturated heterocycles. The normalized spacial score (nSPS) is 11.3. The van der Waals surface area contributed by atoms with Crippen molar-refractivity contribution in [1.82, 2.24) is 14.7 Å². The maximum Gasteiger partial charge on any atom is 0.322 e. The smallest absolute Gasteiger partial charge is 0.322 e. The molecule has 0 aliphatic rings. The fourth-order valence-electron chi connectivity index (χ4n) is 2.96. The number of hydrogen-bond donors (Lipinski definition) is 2. The molecule has 1 aromatic heterocycles. The number of hydrogen-bond acceptors (Lipinski definition) is 4. The number of nitrogens with one attached hydrogen (secondary N) is 2. The molecule has 2 aromatic rings. The van der Waals surface area contributed by atoms with Gasteiger partial charge in [0.05, 0.1) is 12.3 Å². The van der Waals surface area contributed by atoms with E-state index in [1.165, 1.54) is 4.90 Å². The fraction of sp³-hybridized carbons (Fsp3) is 0.500. The highest BCUT2D eigenvalue weighted by atomic mass is 16.5. The molecule has 0 fully saturated rings. The first-order chi connectivity index (χ1) is 14.0. The number of para-hydroxylation sites is 1. The maximum absolute atomic E-state index is 12.9. The van der Waals surface area contributed by atoms with E-state index in [1.54, 1.807) is 18.8 Å². The lowest BCUT2D eigenvalue weighted by Crippen LogP contribution is -2.42. The quantitative estimate of drug-likeness (QED) is 0.725. The molecule has 0 aliphatic carbocycles. The van der Waals surface area contributed by atoms with Gasteiger partial charge in [-0.1, -0.05) is 39.0 Å². The van der Waals surface area contributed by atoms with Crippen LogP contribution in [0.1, 0.15) is 37.6 Å². The number of nitrogens with zero attached hydrogens (tertiary/aromatic N) is 3. The summed E-state index contributed by atoms with van der Waals surface area (Å²) < 4.78 is 6.75. The predicted molar refractivity (Wildman–Crippen MR) is 119 cm³/mol. The molecule has 8 heteroatoms. The van der Waals surface area contributed by atoms with E-state index >= 15 is 0 Å². The van der Waals surface area contributed by atoms with E-state index in [2.05, 4.69) is 36.5 Å². The number of urea groups is 1. The van der Waals surface area contributed by atoms with Crippen LogP contribution >= 0.6 is 0 Å². The number of aryl methyl sites for hydroxylation is 3. The Morgan fingerprint density at radius 1 is 1.17 bits per heavy atom. The first-order valence-corrected chi connectivity index (χ1v) is 9.98. The number of carbonyl (C=O) groups excluding carboxylic acids is 2. The average Bonchev–Trinajstić information content (AvgIpc) is 3.02. The zero-order chi connectivity index (χ0) is 22.5. The van der Waals surface area contributed by atoms with E-state index in [1.807, 2.05) is 38.1 Å². The van der Waals surface area contributed by atoms with Crippen LogP contribution in [0.15, 0.2) is 24.3 Å². The van der Waals surface area contributed by atoms with Gasteiger partial charge in [-0.15, -0.1) is 0 Å². The van der Waals surface area contributed by atoms with E-state index in [4.69, 9.17) is 4.74 Å². The molecular weight excluding hydrogens is 382 g/mol. The SMILES string of the molecule is COCCN(CC(=O)Nc1cc(C(C)(C)C)nn1C)C(=O)Nc1c(C)cccc1C. The minimum Gasteiger partial charge on any atom is -0.383 e. The van der Waals surface area contributed by atoms with Crippen LogP contribution < -0.4 is 10.6 Å². The zero-order valence-electron chi connectivity index (χ0n) is 19.0. The van der Waals surface area contributed by atoms with Gasteiger partial charge in [0.2, 0.25) is 5.91 Å². The number of carbonyl (C=O) groups is 2. The Labute approximate surface area is 178 Å². The van der Waals surface area contributed by atoms with E-state index in [0.717, 1.165) is 22.5 Å². The highest BCUT2D eigenvalue weighted by Gasteiger charge is 2.22. The van der Waals surface area contributed by atoms with Crippen molar-refractivity contribution in [2.45, 2.75) is 40.0 Å². The molecule has 0 aliphatic heterocycles. The summed E-state index contributed by atoms with van der Waals surface area (Å²) >= 11 is 0. The zero-order valence-corrected chi connectivity index (χ0v) is 19.0. The van der Waals surface area contributed by atoms with Crippen LogP contribution in [0.2, 0.25) is 0 Å². The second-order valence-electron chi connectivity index (χ2n) is 8.45. The number of aromatic nitrogens is 2. The van der Waals surface area contributed by atoms with Gasteiger partial charge in [-0.05, 0) is 25.0 Å². The van der Waals surface area contributed by atoms with Crippen LogP contribution in [-0.2, 0) is 22.0 Å². The van der Waals surface area contributed by atoms with Crippen molar-refractivity contribution in [3.8, 4) is 0 Å². The molecule has 0 bridgehead atoms. The summed E-state index contributed by atoms with van der Waals surface area (Å²) in [5, 5.41) is 10.2. The molecule has 2 rings (SSSR count). The number of methoxy groups -OCH3 is 1. The van der Waals surface area contributed by atoms with Crippen LogP contribution in [0, 0.1) is 13.8 Å². The van der Waals surface area contributed by atoms with Gasteiger partial charge < -0.3 is 20.3 Å². The van der Waals surface area contributed by atoms with Crippen molar-refractivity contribution in [2.75, 3.05) is 37.4 Å². The van der Waals surface area contributed by atoms with Crippen molar-refractivity contribution in [3.05, 3.63) is 41.1 Å². The van der Waals surface area contributed by atoms with E-state index < -0.39 is 0 Å². The van der Waals surface area contributed by atoms with Crippen molar-refractivity contribution >= 4 is 23.4 Å². The highest BCUT2D eigenvalue weighted by Crippen LogP contribution is 2.23. The summed E-state index contributed by atoms with van der Waals surface area (Å²) in [6.45, 7) is 10.6. The molecule has 8 nitrogen and oxygen atoms in total. The summed E-state index contributed by atoms with van der Waals surface area (Å²) in [6, 6.07) is 7.32. The molecule has 164 valence electrons. The summed E-state index contributed by atoms with van der Waals surface area (Å²) in [6.07, 6.45) is 0. The third-order valence-electron chi connectivity index (χ3n) is 4.82. The lowest BCUT2D eigenvalue weighted by atomic mass is 9.92. The standard InChI is InChI=1S/C22H33N5O3/c1-15-9-8-10-16(2)20(15)24-21(29)27(11-12-30-7)14-19(28)23-18-13-17(22(3,4)5)25-26(18)6/h8-10,13H,11-12,14H2,1-7H3,(H,23,28)(H,24,29). The van der Waals surface area contributed by atoms with Crippen LogP contribution in [0.5, 0.6) is 0 Å². The van der Waals surface area contributed by atoms with E-state index in [0.29, 0.717) is 19.0 Å². The third kappa shape index (κ3) is 6.06. The van der Waals surface area contributed by atoms with Crippen molar-refractivity contribution < 1.29 is 14.3 Å². The molecule has 3 amide bonds. The van der Waals surface area contributed by atoms with Gasteiger partial charge in [0, 0.05) is 37.9 Å². The van der Waals surface area contributed by atoms with Gasteiger partial charge in [-0.2, -0.15) is 5.10 Å². The van der Waals surface area contributed by atoms with Crippen LogP contribution in [0.4, 0.5) is 16.3 Å². The number of anilines is 2. The second-order valence-corrected chi connectivity index (χ2v) is 8.45. The Morgan fingerprint density at radius 2 is 1.80 bits per heavy atom. The fourth-order valence-corrected chi connectivity index (χ4v) is 2.96. The van der Waals surface area contributed by atoms with Gasteiger partial charge in [0.25, 0.3) is 0 Å². The van der Waals surface area contributed by atoms with Gasteiger partial charge >= 0.3 is 6.03 Å². The molecule has 0 saturated carbocycles. The van der Waals surface area contributed by atoms with E-state index in [9.17, 15) is 9.59 Å². The van der Waals surface area contributed by atoms with Crippen molar-refractivity contribution in [3.63, 3.8) is 0 Å². The summed E-state index contributed by atoms with van der Waals surface area (Å²) in [4.78, 5) is 27.0. The molecule has 30 heavy (non-hydrogen) atoms. The van der Waals surface area contributed by atoms with Crippen LogP contribution in [-0.4, -0.2) is 53.4 Å². The molecule has 0 unspecified atom stereocenters. The van der Waals surface area contributed by atoms with Crippen molar-refractivity contribution in [1.29, 1.82) is 0 Å². The van der Waals surface area contributed by atoms with E-state index in [-0.39, 0.29) is 23.9 Å². The largest absolute Gasteiger partial charge is 0.383 e. The minimum absolute atomic E-state index is 0.101. The molecular formula is C22H33N5O3. The summed E-state index contributed by atoms with van der Waals surface area (Å²) in [5.74, 6) is 0.290.